The zero-order valence-corrected chi connectivity index (χ0v) is 7.44. The molecule has 0 bridgehead atoms. The minimum Gasteiger partial charge on any atom is -0.388 e. The Balaban J connectivity index is 0. The summed E-state index contributed by atoms with van der Waals surface area (Å²) in [4.78, 5) is 0. The fraction of sp³-hybridized carbons (Fsp3) is 1.00. The maximum absolute atomic E-state index is 4.83. The summed E-state index contributed by atoms with van der Waals surface area (Å²) >= 11 is 19.3. The Bertz CT molecular complexity index is 35.0. The molecule has 0 saturated heterocycles. The van der Waals surface area contributed by atoms with Gasteiger partial charge in [0.05, 0.1) is 0 Å². The number of hydrogen-bond acceptors (Lipinski definition) is 1. The highest BCUT2D eigenvalue weighted by molar-refractivity contribution is 6.83. The maximum atomic E-state index is 4.83. The molecule has 0 atom stereocenters. The van der Waals surface area contributed by atoms with Crippen LogP contribution >= 0.6 is 46.4 Å². The molecule has 0 radical (unpaired) electrons. The molecule has 5 heteroatoms. The predicted molar refractivity (Wildman–Crippen MR) is 39.1 cm³/mol. The van der Waals surface area contributed by atoms with E-state index in [0.717, 1.165) is 0 Å². The quantitative estimate of drug-likeness (QED) is 0.546. The molecule has 0 aliphatic carbocycles. The van der Waals surface area contributed by atoms with Gasteiger partial charge in [-0.1, -0.05) is 46.4 Å². The molecular weight excluding hydrogens is 194 g/mol. The van der Waals surface area contributed by atoms with Crippen LogP contribution in [0.5, 0.6) is 0 Å². The monoisotopic (exact) mass is 198 g/mol. The fourth-order valence-corrected chi connectivity index (χ4v) is 0. The summed E-state index contributed by atoms with van der Waals surface area (Å²) in [6.07, 6.45) is 0. The lowest BCUT2D eigenvalue weighted by Gasteiger charge is -1.91. The molecule has 0 aromatic heterocycles. The highest BCUT2D eigenvalue weighted by Gasteiger charge is 2.11. The zero-order chi connectivity index (χ0) is 7.21. The average molecular weight is 200 g/mol. The Kier molecular flexibility index (Phi) is 9.26. The summed E-state index contributed by atoms with van der Waals surface area (Å²) in [6, 6.07) is 0. The molecule has 0 aromatic carbocycles. The van der Waals surface area contributed by atoms with Gasteiger partial charge in [-0.05, 0) is 0 Å². The molecule has 0 saturated carbocycles. The van der Waals surface area contributed by atoms with Crippen LogP contribution in [0.1, 0.15) is 0 Å². The first-order valence-electron chi connectivity index (χ1n) is 1.57. The van der Waals surface area contributed by atoms with Crippen molar-refractivity contribution in [1.29, 1.82) is 0 Å². The Hall–Kier alpha value is 1.12. The van der Waals surface area contributed by atoms with E-state index in [1.807, 2.05) is 0 Å². The zero-order valence-electron chi connectivity index (χ0n) is 4.42. The first-order valence-corrected chi connectivity index (χ1v) is 3.08. The fourth-order valence-electron chi connectivity index (χ4n) is 0. The largest absolute Gasteiger partial charge is 0.388 e. The van der Waals surface area contributed by atoms with Crippen LogP contribution in [0.15, 0.2) is 0 Å². The van der Waals surface area contributed by atoms with Gasteiger partial charge in [-0.3, -0.25) is 0 Å². The smallest absolute Gasteiger partial charge is 0.266 e. The van der Waals surface area contributed by atoms with E-state index < -0.39 is 3.25 Å². The molecule has 0 heterocycles. The molecule has 0 aromatic rings. The molecule has 0 rings (SSSR count). The summed E-state index contributed by atoms with van der Waals surface area (Å²) in [5.74, 6) is 0. The molecule has 0 unspecified atom stereocenters. The van der Waals surface area contributed by atoms with Crippen molar-refractivity contribution >= 4 is 46.4 Å². The Morgan fingerprint density at radius 2 is 1.00 bits per heavy atom. The first kappa shape index (κ1) is 11.9. The molecule has 0 spiro atoms. The van der Waals surface area contributed by atoms with E-state index in [9.17, 15) is 0 Å². The van der Waals surface area contributed by atoms with Gasteiger partial charge in [0.15, 0.2) is 0 Å². The number of ether oxygens (including phenoxy) is 1. The summed E-state index contributed by atoms with van der Waals surface area (Å²) in [7, 11) is 3.25. The van der Waals surface area contributed by atoms with Crippen LogP contribution in [-0.2, 0) is 4.74 Å². The van der Waals surface area contributed by atoms with Gasteiger partial charge in [0, 0.05) is 14.2 Å². The molecule has 1 nitrogen and oxygen atoms in total. The van der Waals surface area contributed by atoms with Crippen molar-refractivity contribution < 1.29 is 4.74 Å². The minimum atomic E-state index is -1.61. The minimum absolute atomic E-state index is 1.61. The Morgan fingerprint density at radius 3 is 1.00 bits per heavy atom. The molecule has 0 aliphatic heterocycles. The Labute approximate surface area is 68.8 Å². The SMILES string of the molecule is COC.ClC(Cl)(Cl)Cl. The van der Waals surface area contributed by atoms with Crippen molar-refractivity contribution in [3.8, 4) is 0 Å². The number of methoxy groups -OCH3 is 1. The molecule has 52 valence electrons. The van der Waals surface area contributed by atoms with E-state index in [4.69, 9.17) is 46.4 Å². The first-order chi connectivity index (χ1) is 3.41. The van der Waals surface area contributed by atoms with Gasteiger partial charge in [0.2, 0.25) is 0 Å². The third kappa shape index (κ3) is 213. The van der Waals surface area contributed by atoms with E-state index in [2.05, 4.69) is 4.74 Å². The summed E-state index contributed by atoms with van der Waals surface area (Å²) in [5.41, 5.74) is 0. The molecule has 0 aliphatic rings. The van der Waals surface area contributed by atoms with Crippen molar-refractivity contribution in [2.24, 2.45) is 0 Å². The van der Waals surface area contributed by atoms with E-state index in [1.165, 1.54) is 0 Å². The van der Waals surface area contributed by atoms with Crippen molar-refractivity contribution in [2.75, 3.05) is 14.2 Å². The van der Waals surface area contributed by atoms with Crippen LogP contribution in [0.4, 0.5) is 0 Å². The predicted octanol–water partition coefficient (Wildman–Crippen LogP) is 2.82. The molecule has 0 amide bonds. The lowest BCUT2D eigenvalue weighted by atomic mass is 11.6. The summed E-state index contributed by atoms with van der Waals surface area (Å²) in [5, 5.41) is 0. The van der Waals surface area contributed by atoms with E-state index in [1.54, 1.807) is 14.2 Å². The van der Waals surface area contributed by atoms with Crippen LogP contribution in [-0.4, -0.2) is 17.5 Å². The third-order valence-electron chi connectivity index (χ3n) is 0. The summed E-state index contributed by atoms with van der Waals surface area (Å²) in [6.45, 7) is 0. The molecule has 0 N–H and O–H groups in total. The highest BCUT2D eigenvalue weighted by atomic mass is 35.6. The van der Waals surface area contributed by atoms with Gasteiger partial charge in [0.1, 0.15) is 0 Å². The van der Waals surface area contributed by atoms with Crippen molar-refractivity contribution in [3.63, 3.8) is 0 Å². The van der Waals surface area contributed by atoms with Crippen LogP contribution < -0.4 is 0 Å². The lowest BCUT2D eigenvalue weighted by Crippen LogP contribution is -1.81. The molecule has 8 heavy (non-hydrogen) atoms. The van der Waals surface area contributed by atoms with Crippen molar-refractivity contribution in [1.82, 2.24) is 0 Å². The van der Waals surface area contributed by atoms with Gasteiger partial charge >= 0.3 is 0 Å². The lowest BCUT2D eigenvalue weighted by molar-refractivity contribution is 0.277. The Morgan fingerprint density at radius 1 is 1.00 bits per heavy atom. The molecule has 0 fully saturated rings. The number of halogens is 4. The van der Waals surface area contributed by atoms with Crippen LogP contribution in [0, 0.1) is 0 Å². The third-order valence-corrected chi connectivity index (χ3v) is 0. The van der Waals surface area contributed by atoms with Gasteiger partial charge in [-0.2, -0.15) is 0 Å². The van der Waals surface area contributed by atoms with Gasteiger partial charge in [-0.25, -0.2) is 0 Å². The van der Waals surface area contributed by atoms with Gasteiger partial charge in [-0.15, -0.1) is 0 Å². The number of alkyl halides is 4. The maximum Gasteiger partial charge on any atom is 0.266 e. The second-order valence-electron chi connectivity index (χ2n) is 0.837. The standard InChI is InChI=1S/C2H6O.CCl4/c1-3-2;2-1(3,4)5/h1-2H3;. The van der Waals surface area contributed by atoms with Crippen LogP contribution in [0.25, 0.3) is 0 Å². The summed E-state index contributed by atoms with van der Waals surface area (Å²) < 4.78 is 2.64. The normalized spacial score (nSPS) is 9.75. The number of rotatable bonds is 0. The highest BCUT2D eigenvalue weighted by Crippen LogP contribution is 2.29. The van der Waals surface area contributed by atoms with E-state index in [0.29, 0.717) is 0 Å². The topological polar surface area (TPSA) is 9.23 Å². The van der Waals surface area contributed by atoms with Crippen molar-refractivity contribution in [3.05, 3.63) is 0 Å². The van der Waals surface area contributed by atoms with Gasteiger partial charge < -0.3 is 4.74 Å². The second kappa shape index (κ2) is 6.24. The van der Waals surface area contributed by atoms with Crippen LogP contribution in [0.3, 0.4) is 0 Å². The van der Waals surface area contributed by atoms with Crippen LogP contribution in [0.2, 0.25) is 0 Å². The average Bonchev–Trinajstić information content (AvgIpc) is 1.27. The van der Waals surface area contributed by atoms with Crippen molar-refractivity contribution in [2.45, 2.75) is 3.25 Å². The number of hydrogen-bond donors (Lipinski definition) is 0. The molecular formula is C3H6Cl4O. The van der Waals surface area contributed by atoms with Gasteiger partial charge in [0.25, 0.3) is 3.25 Å². The second-order valence-corrected chi connectivity index (χ2v) is 4.27. The van der Waals surface area contributed by atoms with E-state index >= 15 is 0 Å². The van der Waals surface area contributed by atoms with E-state index in [-0.39, 0.29) is 0 Å².